The summed E-state index contributed by atoms with van der Waals surface area (Å²) in [5.74, 6) is 2.11. The summed E-state index contributed by atoms with van der Waals surface area (Å²) in [6.45, 7) is 3.11. The molecule has 2 aliphatic rings. The van der Waals surface area contributed by atoms with Crippen LogP contribution in [0, 0.1) is 6.92 Å². The number of nitrogens with one attached hydrogen (secondary N) is 1. The number of methoxy groups -OCH3 is 1. The molecule has 0 saturated carbocycles. The smallest absolute Gasteiger partial charge is 0.497 e. The lowest BCUT2D eigenvalue weighted by molar-refractivity contribution is 0.109. The topological polar surface area (TPSA) is 186 Å². The Morgan fingerprint density at radius 1 is 0.635 bits per heavy atom. The second-order valence-corrected chi connectivity index (χ2v) is 16.3. The Morgan fingerprint density at radius 2 is 1.28 bits per heavy atom. The van der Waals surface area contributed by atoms with Crippen LogP contribution >= 0.6 is 23.2 Å². The fraction of sp³-hybridized carbons (Fsp3) is 0.158. The maximum absolute atomic E-state index is 11.9. The number of amides is 2. The summed E-state index contributed by atoms with van der Waals surface area (Å²) in [6, 6.07) is 42.7. The SMILES string of the molecule is COc1cccc(/C=C/COC(=O)N(CCCl)CCCl)c1.Cc1cc(=O)oc2cc(NC(=O)OC/C=C/c3ccccc3)ccc12.O=C(OC/C=C/c1ccccc1)Oc1ccc2nc3ccc(=O)cc-3oc2c1. The van der Waals surface area contributed by atoms with Crippen molar-refractivity contribution in [3.63, 3.8) is 0 Å². The van der Waals surface area contributed by atoms with Gasteiger partial charge in [0.25, 0.3) is 0 Å². The molecule has 5 aromatic carbocycles. The number of aryl methyl sites for hydroxylation is 1. The Hall–Kier alpha value is -8.66. The molecule has 1 aliphatic heterocycles. The Kier molecular flexibility index (Phi) is 21.4. The molecule has 0 radical (unpaired) electrons. The summed E-state index contributed by atoms with van der Waals surface area (Å²) in [6.07, 6.45) is 9.03. The van der Waals surface area contributed by atoms with Crippen molar-refractivity contribution in [3.8, 4) is 23.0 Å². The number of benzene rings is 6. The Balaban J connectivity index is 0.000000183. The largest absolute Gasteiger partial charge is 0.514 e. The number of alkyl halides is 2. The molecule has 2 amide bonds. The molecular weight excluding hydrogens is 990 g/mol. The van der Waals surface area contributed by atoms with E-state index in [4.69, 9.17) is 55.7 Å². The zero-order chi connectivity index (χ0) is 52.5. The molecule has 0 fully saturated rings. The fourth-order valence-electron chi connectivity index (χ4n) is 6.71. The van der Waals surface area contributed by atoms with Crippen molar-refractivity contribution >= 4 is 87.5 Å². The fourth-order valence-corrected chi connectivity index (χ4v) is 7.11. The number of rotatable bonds is 16. The van der Waals surface area contributed by atoms with Gasteiger partial charge in [0.2, 0.25) is 0 Å². The van der Waals surface area contributed by atoms with Gasteiger partial charge in [-0.05, 0) is 95.9 Å². The van der Waals surface area contributed by atoms with Gasteiger partial charge in [0, 0.05) is 60.2 Å². The molecule has 0 bridgehead atoms. The number of hydrogen-bond acceptors (Lipinski definition) is 13. The van der Waals surface area contributed by atoms with E-state index in [9.17, 15) is 24.0 Å². The zero-order valence-corrected chi connectivity index (χ0v) is 41.8. The number of carbonyl (C=O) groups is 3. The van der Waals surface area contributed by atoms with Crippen LogP contribution in [0.25, 0.3) is 51.8 Å². The van der Waals surface area contributed by atoms with Crippen molar-refractivity contribution in [2.75, 3.05) is 57.1 Å². The standard InChI is InChI=1S/C22H15NO5.C20H17NO4.C15H19Cl2NO3/c24-16-8-10-18-20(13-16)28-21-14-17(9-11-19(21)23-18)27-22(25)26-12-4-7-15-5-2-1-3-6-15;1-14-12-19(22)25-18-13-16(9-10-17(14)18)21-20(23)24-11-5-8-15-6-3-2-4-7-15;1-20-14-6-2-4-13(12-14)5-3-11-21-15(19)18(9-7-16)10-8-17/h1-11,13-14H,12H2;2-10,12-13H,11H2,1H3,(H,21,23);2-6,12H,7-11H2,1H3/b7-4+;8-5+;5-3+. The molecule has 8 rings (SSSR count). The molecule has 0 unspecified atom stereocenters. The van der Waals surface area contributed by atoms with Crippen LogP contribution < -0.4 is 25.8 Å². The van der Waals surface area contributed by atoms with Crippen LogP contribution in [0.4, 0.5) is 20.1 Å². The molecule has 0 saturated heterocycles. The Labute approximate surface area is 436 Å². The number of carbonyl (C=O) groups excluding carboxylic acids is 3. The highest BCUT2D eigenvalue weighted by atomic mass is 35.5. The first-order valence-corrected chi connectivity index (χ1v) is 24.0. The first kappa shape index (κ1) is 54.7. The van der Waals surface area contributed by atoms with Gasteiger partial charge < -0.3 is 37.4 Å². The number of fused-ring (bicyclic) bond motifs is 3. The van der Waals surface area contributed by atoms with E-state index < -0.39 is 24.0 Å². The lowest BCUT2D eigenvalue weighted by Gasteiger charge is -2.19. The summed E-state index contributed by atoms with van der Waals surface area (Å²) in [7, 11) is 1.62. The lowest BCUT2D eigenvalue weighted by atomic mass is 10.1. The lowest BCUT2D eigenvalue weighted by Crippen LogP contribution is -2.34. The van der Waals surface area contributed by atoms with Gasteiger partial charge in [0.05, 0.1) is 7.11 Å². The van der Waals surface area contributed by atoms with E-state index in [2.05, 4.69) is 10.3 Å². The highest BCUT2D eigenvalue weighted by Gasteiger charge is 2.14. The van der Waals surface area contributed by atoms with Crippen LogP contribution in [0.1, 0.15) is 22.3 Å². The minimum absolute atomic E-state index is 0.0875. The quantitative estimate of drug-likeness (QED) is 0.0241. The van der Waals surface area contributed by atoms with Gasteiger partial charge in [-0.3, -0.25) is 10.1 Å². The zero-order valence-electron chi connectivity index (χ0n) is 40.3. The van der Waals surface area contributed by atoms with Gasteiger partial charge >= 0.3 is 24.0 Å². The van der Waals surface area contributed by atoms with E-state index in [-0.39, 0.29) is 31.0 Å². The van der Waals surface area contributed by atoms with Crippen LogP contribution in [0.3, 0.4) is 0 Å². The van der Waals surface area contributed by atoms with Gasteiger partial charge in [-0.25, -0.2) is 24.2 Å². The molecule has 0 atom stereocenters. The number of nitrogens with zero attached hydrogens (tertiary/aromatic N) is 2. The van der Waals surface area contributed by atoms with E-state index >= 15 is 0 Å². The Bertz CT molecular complexity index is 3280. The summed E-state index contributed by atoms with van der Waals surface area (Å²) >= 11 is 11.3. The van der Waals surface area contributed by atoms with Crippen molar-refractivity contribution < 1.29 is 46.9 Å². The van der Waals surface area contributed by atoms with E-state index in [0.717, 1.165) is 33.4 Å². The predicted octanol–water partition coefficient (Wildman–Crippen LogP) is 12.5. The van der Waals surface area contributed by atoms with Gasteiger partial charge in [0.1, 0.15) is 48.1 Å². The second-order valence-electron chi connectivity index (χ2n) is 15.6. The monoisotopic (exact) mass is 1040 g/mol. The highest BCUT2D eigenvalue weighted by molar-refractivity contribution is 6.18. The molecule has 15 nitrogen and oxygen atoms in total. The molecule has 17 heteroatoms. The van der Waals surface area contributed by atoms with E-state index in [1.54, 1.807) is 61.7 Å². The van der Waals surface area contributed by atoms with Crippen molar-refractivity contribution in [2.24, 2.45) is 0 Å². The first-order chi connectivity index (χ1) is 36.0. The van der Waals surface area contributed by atoms with Crippen LogP contribution in [-0.2, 0) is 14.2 Å². The summed E-state index contributed by atoms with van der Waals surface area (Å²) in [5.41, 5.74) is 5.73. The third-order valence-electron chi connectivity index (χ3n) is 10.2. The summed E-state index contributed by atoms with van der Waals surface area (Å²) < 4.78 is 36.4. The van der Waals surface area contributed by atoms with Crippen molar-refractivity contribution in [3.05, 3.63) is 207 Å². The number of halogens is 2. The van der Waals surface area contributed by atoms with Gasteiger partial charge in [-0.1, -0.05) is 91.0 Å². The number of anilines is 1. The second kappa shape index (κ2) is 29.0. The maximum Gasteiger partial charge on any atom is 0.514 e. The third-order valence-corrected chi connectivity index (χ3v) is 10.6. The predicted molar refractivity (Wildman–Crippen MR) is 288 cm³/mol. The third kappa shape index (κ3) is 17.9. The molecule has 1 aliphatic carbocycles. The molecule has 6 aromatic rings. The molecule has 380 valence electrons. The minimum atomic E-state index is -0.826. The van der Waals surface area contributed by atoms with E-state index in [1.165, 1.54) is 29.2 Å². The number of ether oxygens (including phenoxy) is 5. The van der Waals surface area contributed by atoms with Crippen molar-refractivity contribution in [2.45, 2.75) is 6.92 Å². The Morgan fingerprint density at radius 3 is 1.96 bits per heavy atom. The number of aromatic nitrogens is 1. The van der Waals surface area contributed by atoms with Crippen LogP contribution in [0.5, 0.6) is 11.5 Å². The summed E-state index contributed by atoms with van der Waals surface area (Å²) in [5, 5.41) is 3.44. The van der Waals surface area contributed by atoms with E-state index in [1.807, 2.05) is 110 Å². The molecule has 74 heavy (non-hydrogen) atoms. The van der Waals surface area contributed by atoms with Crippen molar-refractivity contribution in [1.29, 1.82) is 0 Å². The van der Waals surface area contributed by atoms with Gasteiger partial charge in [-0.2, -0.15) is 0 Å². The van der Waals surface area contributed by atoms with Gasteiger partial charge in [0.15, 0.2) is 16.8 Å². The first-order valence-electron chi connectivity index (χ1n) is 22.9. The number of hydrogen-bond donors (Lipinski definition) is 1. The highest BCUT2D eigenvalue weighted by Crippen LogP contribution is 2.27. The minimum Gasteiger partial charge on any atom is -0.497 e. The summed E-state index contributed by atoms with van der Waals surface area (Å²) in [4.78, 5) is 64.3. The molecular formula is C57H51Cl2N3O12. The van der Waals surface area contributed by atoms with Gasteiger partial charge in [-0.15, -0.1) is 23.2 Å². The van der Waals surface area contributed by atoms with Crippen molar-refractivity contribution in [1.82, 2.24) is 9.88 Å². The van der Waals surface area contributed by atoms with E-state index in [0.29, 0.717) is 58.7 Å². The molecule has 1 aromatic heterocycles. The average Bonchev–Trinajstić information content (AvgIpc) is 3.40. The molecule has 0 spiro atoms. The van der Waals surface area contributed by atoms with Crippen LogP contribution in [-0.4, -0.2) is 80.0 Å². The normalized spacial score (nSPS) is 10.9. The molecule has 2 heterocycles. The van der Waals surface area contributed by atoms with Crippen LogP contribution in [0.2, 0.25) is 0 Å². The molecule has 1 N–H and O–H groups in total. The average molecular weight is 1040 g/mol. The maximum atomic E-state index is 11.9. The van der Waals surface area contributed by atoms with Crippen LogP contribution in [0.15, 0.2) is 182 Å².